The van der Waals surface area contributed by atoms with E-state index in [1.54, 1.807) is 11.6 Å². The molecule has 1 amide bonds. The van der Waals surface area contributed by atoms with Crippen LogP contribution in [0.3, 0.4) is 0 Å². The summed E-state index contributed by atoms with van der Waals surface area (Å²) in [6, 6.07) is 8.09. The molecule has 0 bridgehead atoms. The minimum Gasteiger partial charge on any atom is -0.358 e. The second-order valence-electron chi connectivity index (χ2n) is 7.04. The van der Waals surface area contributed by atoms with Crippen LogP contribution < -0.4 is 10.2 Å². The van der Waals surface area contributed by atoms with Gasteiger partial charge in [-0.1, -0.05) is 41.2 Å². The first-order chi connectivity index (χ1) is 13.5. The van der Waals surface area contributed by atoms with Crippen LogP contribution in [-0.2, 0) is 11.3 Å². The Labute approximate surface area is 166 Å². The highest BCUT2D eigenvalue weighted by molar-refractivity contribution is 7.15. The Balaban J connectivity index is 1.37. The number of piperidine rings is 1. The number of rotatable bonds is 5. The van der Waals surface area contributed by atoms with E-state index in [2.05, 4.69) is 10.3 Å². The molecule has 1 aliphatic rings. The predicted molar refractivity (Wildman–Crippen MR) is 108 cm³/mol. The number of aromatic nitrogens is 2. The van der Waals surface area contributed by atoms with Crippen LogP contribution in [0.2, 0.25) is 0 Å². The van der Waals surface area contributed by atoms with Crippen LogP contribution in [0.4, 0.5) is 11.6 Å². The number of amides is 1. The molecule has 9 heteroatoms. The quantitative estimate of drug-likeness (QED) is 0.526. The fraction of sp³-hybridized carbons (Fsp3) is 0.368. The summed E-state index contributed by atoms with van der Waals surface area (Å²) in [7, 11) is 0. The lowest BCUT2D eigenvalue weighted by Gasteiger charge is -2.31. The second-order valence-corrected chi connectivity index (χ2v) is 7.91. The summed E-state index contributed by atoms with van der Waals surface area (Å²) in [6.07, 6.45) is 2.98. The molecular formula is C19H21N5O3S. The van der Waals surface area contributed by atoms with E-state index in [0.717, 1.165) is 5.56 Å². The lowest BCUT2D eigenvalue weighted by atomic mass is 9.96. The SMILES string of the molecule is Cc1ccc(CNC(=O)C2CCN(c3nc4sccn4c3[N+](=O)[O-])CC2)cc1. The molecule has 8 nitrogen and oxygen atoms in total. The fourth-order valence-electron chi connectivity index (χ4n) is 3.54. The van der Waals surface area contributed by atoms with Crippen molar-refractivity contribution in [3.8, 4) is 0 Å². The van der Waals surface area contributed by atoms with Crippen molar-refractivity contribution in [1.82, 2.24) is 14.7 Å². The van der Waals surface area contributed by atoms with E-state index in [9.17, 15) is 14.9 Å². The maximum atomic E-state index is 12.5. The number of benzene rings is 1. The van der Waals surface area contributed by atoms with Crippen LogP contribution in [0.1, 0.15) is 24.0 Å². The Bertz CT molecular complexity index is 1000. The molecule has 2 aromatic heterocycles. The van der Waals surface area contributed by atoms with Crippen LogP contribution in [0.5, 0.6) is 0 Å². The topological polar surface area (TPSA) is 92.8 Å². The van der Waals surface area contributed by atoms with E-state index in [1.807, 2.05) is 36.1 Å². The van der Waals surface area contributed by atoms with Crippen molar-refractivity contribution in [2.75, 3.05) is 18.0 Å². The Hall–Kier alpha value is -2.94. The van der Waals surface area contributed by atoms with E-state index in [0.29, 0.717) is 43.3 Å². The van der Waals surface area contributed by atoms with Crippen LogP contribution in [0, 0.1) is 23.0 Å². The van der Waals surface area contributed by atoms with Crippen LogP contribution in [0.25, 0.3) is 4.96 Å². The molecule has 0 radical (unpaired) electrons. The lowest BCUT2D eigenvalue weighted by Crippen LogP contribution is -2.40. The Morgan fingerprint density at radius 3 is 2.71 bits per heavy atom. The van der Waals surface area contributed by atoms with Gasteiger partial charge >= 0.3 is 5.82 Å². The average Bonchev–Trinajstić information content (AvgIpc) is 3.28. The summed E-state index contributed by atoms with van der Waals surface area (Å²) in [4.78, 5) is 30.6. The van der Waals surface area contributed by atoms with Crippen LogP contribution >= 0.6 is 11.3 Å². The molecule has 0 unspecified atom stereocenters. The molecule has 28 heavy (non-hydrogen) atoms. The van der Waals surface area contributed by atoms with E-state index < -0.39 is 0 Å². The third kappa shape index (κ3) is 3.57. The van der Waals surface area contributed by atoms with E-state index in [4.69, 9.17) is 0 Å². The number of anilines is 1. The number of carbonyl (C=O) groups excluding carboxylic acids is 1. The number of nitro groups is 1. The number of fused-ring (bicyclic) bond motifs is 1. The van der Waals surface area contributed by atoms with E-state index in [1.165, 1.54) is 21.3 Å². The molecule has 1 fully saturated rings. The molecule has 146 valence electrons. The molecule has 1 aromatic carbocycles. The molecule has 1 saturated heterocycles. The van der Waals surface area contributed by atoms with Gasteiger partial charge in [-0.3, -0.25) is 4.79 Å². The first-order valence-corrected chi connectivity index (χ1v) is 10.1. The number of carbonyl (C=O) groups is 1. The van der Waals surface area contributed by atoms with Crippen molar-refractivity contribution >= 4 is 33.8 Å². The minimum absolute atomic E-state index is 0.00137. The van der Waals surface area contributed by atoms with Crippen LogP contribution in [-0.4, -0.2) is 33.3 Å². The molecule has 4 rings (SSSR count). The van der Waals surface area contributed by atoms with E-state index in [-0.39, 0.29) is 22.6 Å². The van der Waals surface area contributed by atoms with Crippen molar-refractivity contribution in [3.05, 3.63) is 57.1 Å². The fourth-order valence-corrected chi connectivity index (χ4v) is 4.24. The van der Waals surface area contributed by atoms with Crippen molar-refractivity contribution in [1.29, 1.82) is 0 Å². The summed E-state index contributed by atoms with van der Waals surface area (Å²) in [5.41, 5.74) is 2.26. The van der Waals surface area contributed by atoms with E-state index >= 15 is 0 Å². The molecule has 0 saturated carbocycles. The van der Waals surface area contributed by atoms with Gasteiger partial charge in [-0.05, 0) is 30.3 Å². The summed E-state index contributed by atoms with van der Waals surface area (Å²) in [5.74, 6) is 0.360. The highest BCUT2D eigenvalue weighted by Crippen LogP contribution is 2.33. The van der Waals surface area contributed by atoms with Gasteiger partial charge in [-0.15, -0.1) is 0 Å². The van der Waals surface area contributed by atoms with Gasteiger partial charge in [0.25, 0.3) is 4.96 Å². The van der Waals surface area contributed by atoms with Crippen molar-refractivity contribution < 1.29 is 9.72 Å². The second kappa shape index (κ2) is 7.59. The van der Waals surface area contributed by atoms with Crippen molar-refractivity contribution in [3.63, 3.8) is 0 Å². The molecule has 1 N–H and O–H groups in total. The third-order valence-corrected chi connectivity index (χ3v) is 5.90. The Kier molecular flexibility index (Phi) is 4.99. The Morgan fingerprint density at radius 2 is 2.04 bits per heavy atom. The highest BCUT2D eigenvalue weighted by Gasteiger charge is 2.32. The maximum Gasteiger partial charge on any atom is 0.373 e. The van der Waals surface area contributed by atoms with Gasteiger partial charge in [-0.25, -0.2) is 0 Å². The van der Waals surface area contributed by atoms with Gasteiger partial charge in [-0.2, -0.15) is 9.38 Å². The molecule has 0 spiro atoms. The smallest absolute Gasteiger partial charge is 0.358 e. The zero-order chi connectivity index (χ0) is 19.7. The van der Waals surface area contributed by atoms with Gasteiger partial charge in [0.1, 0.15) is 6.20 Å². The molecule has 0 atom stereocenters. The summed E-state index contributed by atoms with van der Waals surface area (Å²) in [5, 5.41) is 16.3. The molecule has 3 aromatic rings. The third-order valence-electron chi connectivity index (χ3n) is 5.14. The van der Waals surface area contributed by atoms with Crippen LogP contribution in [0.15, 0.2) is 35.8 Å². The molecule has 1 aliphatic heterocycles. The molecular weight excluding hydrogens is 378 g/mol. The van der Waals surface area contributed by atoms with Crippen molar-refractivity contribution in [2.24, 2.45) is 5.92 Å². The van der Waals surface area contributed by atoms with Gasteiger partial charge in [0.2, 0.25) is 11.7 Å². The van der Waals surface area contributed by atoms with Gasteiger partial charge in [0.15, 0.2) is 0 Å². The standard InChI is InChI=1S/C19H21N5O3S/c1-13-2-4-14(5-3-13)12-20-17(25)15-6-8-22(9-7-15)16-18(24(26)27)23-10-11-28-19(23)21-16/h2-5,10-11,15H,6-9,12H2,1H3,(H,20,25). The minimum atomic E-state index is -0.386. The zero-order valence-electron chi connectivity index (χ0n) is 15.5. The summed E-state index contributed by atoms with van der Waals surface area (Å²) >= 11 is 1.37. The number of aryl methyl sites for hydroxylation is 1. The van der Waals surface area contributed by atoms with Crippen molar-refractivity contribution in [2.45, 2.75) is 26.3 Å². The maximum absolute atomic E-state index is 12.5. The number of nitrogens with one attached hydrogen (secondary N) is 1. The van der Waals surface area contributed by atoms with Gasteiger partial charge < -0.3 is 20.3 Å². The predicted octanol–water partition coefficient (Wildman–Crippen LogP) is 3.15. The first-order valence-electron chi connectivity index (χ1n) is 9.21. The number of imidazole rings is 1. The number of hydrogen-bond acceptors (Lipinski definition) is 6. The summed E-state index contributed by atoms with van der Waals surface area (Å²) in [6.45, 7) is 3.70. The first kappa shape index (κ1) is 18.4. The molecule has 0 aliphatic carbocycles. The highest BCUT2D eigenvalue weighted by atomic mass is 32.1. The Morgan fingerprint density at radius 1 is 1.32 bits per heavy atom. The number of thiazole rings is 1. The average molecular weight is 399 g/mol. The largest absolute Gasteiger partial charge is 0.373 e. The molecule has 3 heterocycles. The van der Waals surface area contributed by atoms with Gasteiger partial charge in [0.05, 0.1) is 0 Å². The normalized spacial score (nSPS) is 15.1. The number of nitrogens with zero attached hydrogens (tertiary/aromatic N) is 4. The number of hydrogen-bond donors (Lipinski definition) is 1. The zero-order valence-corrected chi connectivity index (χ0v) is 16.3. The summed E-state index contributed by atoms with van der Waals surface area (Å²) < 4.78 is 1.51. The lowest BCUT2D eigenvalue weighted by molar-refractivity contribution is -0.389. The van der Waals surface area contributed by atoms with Gasteiger partial charge in [0, 0.05) is 30.9 Å². The monoisotopic (exact) mass is 399 g/mol.